The number of sulfone groups is 1. The van der Waals surface area contributed by atoms with Crippen molar-refractivity contribution in [1.82, 2.24) is 0 Å². The van der Waals surface area contributed by atoms with Gasteiger partial charge in [0.25, 0.3) is 0 Å². The summed E-state index contributed by atoms with van der Waals surface area (Å²) in [6.45, 7) is 0. The molecule has 0 radical (unpaired) electrons. The van der Waals surface area contributed by atoms with Gasteiger partial charge in [-0.05, 0) is 41.5 Å². The first-order valence-electron chi connectivity index (χ1n) is 5.16. The Labute approximate surface area is 111 Å². The van der Waals surface area contributed by atoms with Gasteiger partial charge in [0.2, 0.25) is 0 Å². The van der Waals surface area contributed by atoms with Crippen LogP contribution in [0.1, 0.15) is 0 Å². The third kappa shape index (κ3) is 2.83. The molecule has 0 aliphatic rings. The summed E-state index contributed by atoms with van der Waals surface area (Å²) in [5.41, 5.74) is 1.36. The standard InChI is InChI=1S/C13H11ClO3S/c1-18(16,17)13-4-2-3-9(7-13)10-5-11(14)8-12(15)6-10/h2-8,15H,1H3. The number of phenolic OH excluding ortho intramolecular Hbond substituents is 1. The van der Waals surface area contributed by atoms with Crippen molar-refractivity contribution in [2.24, 2.45) is 0 Å². The van der Waals surface area contributed by atoms with Crippen LogP contribution in [0.25, 0.3) is 11.1 Å². The van der Waals surface area contributed by atoms with Crippen LogP contribution in [-0.2, 0) is 9.84 Å². The molecule has 0 aliphatic carbocycles. The Kier molecular flexibility index (Phi) is 3.32. The fourth-order valence-electron chi connectivity index (χ4n) is 1.65. The lowest BCUT2D eigenvalue weighted by Crippen LogP contribution is -1.96. The van der Waals surface area contributed by atoms with Crippen LogP contribution < -0.4 is 0 Å². The SMILES string of the molecule is CS(=O)(=O)c1cccc(-c2cc(O)cc(Cl)c2)c1. The minimum Gasteiger partial charge on any atom is -0.508 e. The number of halogens is 1. The number of rotatable bonds is 2. The summed E-state index contributed by atoms with van der Waals surface area (Å²) in [5, 5.41) is 9.88. The van der Waals surface area contributed by atoms with Crippen LogP contribution in [0.2, 0.25) is 5.02 Å². The van der Waals surface area contributed by atoms with Crippen molar-refractivity contribution in [2.45, 2.75) is 4.90 Å². The smallest absolute Gasteiger partial charge is 0.175 e. The fourth-order valence-corrected chi connectivity index (χ4v) is 2.54. The van der Waals surface area contributed by atoms with E-state index < -0.39 is 9.84 Å². The Morgan fingerprint density at radius 1 is 1.06 bits per heavy atom. The van der Waals surface area contributed by atoms with Gasteiger partial charge in [0.1, 0.15) is 5.75 Å². The van der Waals surface area contributed by atoms with Crippen LogP contribution in [0.5, 0.6) is 5.75 Å². The zero-order valence-electron chi connectivity index (χ0n) is 9.59. The predicted octanol–water partition coefficient (Wildman–Crippen LogP) is 3.12. The minimum absolute atomic E-state index is 0.0438. The molecule has 5 heteroatoms. The molecule has 0 bridgehead atoms. The van der Waals surface area contributed by atoms with Gasteiger partial charge in [0.05, 0.1) is 4.90 Å². The molecule has 2 aromatic rings. The van der Waals surface area contributed by atoms with E-state index in [0.717, 1.165) is 6.26 Å². The molecule has 0 aromatic heterocycles. The Balaban J connectivity index is 2.58. The Hall–Kier alpha value is -1.52. The number of benzene rings is 2. The van der Waals surface area contributed by atoms with Crippen LogP contribution in [0.4, 0.5) is 0 Å². The van der Waals surface area contributed by atoms with Crippen molar-refractivity contribution in [3.63, 3.8) is 0 Å². The molecule has 1 N–H and O–H groups in total. The molecule has 18 heavy (non-hydrogen) atoms. The van der Waals surface area contributed by atoms with E-state index in [4.69, 9.17) is 11.6 Å². The highest BCUT2D eigenvalue weighted by molar-refractivity contribution is 7.90. The highest BCUT2D eigenvalue weighted by atomic mass is 35.5. The second-order valence-electron chi connectivity index (χ2n) is 4.00. The second kappa shape index (κ2) is 4.63. The van der Waals surface area contributed by atoms with E-state index in [2.05, 4.69) is 0 Å². The van der Waals surface area contributed by atoms with Gasteiger partial charge >= 0.3 is 0 Å². The minimum atomic E-state index is -3.25. The molecule has 0 saturated heterocycles. The number of aromatic hydroxyl groups is 1. The number of hydrogen-bond donors (Lipinski definition) is 1. The molecule has 94 valence electrons. The summed E-state index contributed by atoms with van der Waals surface area (Å²) >= 11 is 5.85. The summed E-state index contributed by atoms with van der Waals surface area (Å²) in [7, 11) is -3.25. The number of phenols is 1. The third-order valence-electron chi connectivity index (χ3n) is 2.48. The average molecular weight is 283 g/mol. The molecule has 0 spiro atoms. The van der Waals surface area contributed by atoms with Gasteiger partial charge in [-0.1, -0.05) is 23.7 Å². The predicted molar refractivity (Wildman–Crippen MR) is 71.7 cm³/mol. The van der Waals surface area contributed by atoms with E-state index in [1.165, 1.54) is 18.2 Å². The Morgan fingerprint density at radius 2 is 1.78 bits per heavy atom. The Bertz CT molecular complexity index is 673. The molecule has 0 heterocycles. The normalized spacial score (nSPS) is 11.4. The number of hydrogen-bond acceptors (Lipinski definition) is 3. The zero-order chi connectivity index (χ0) is 13.3. The lowest BCUT2D eigenvalue weighted by atomic mass is 10.1. The molecule has 2 aromatic carbocycles. The van der Waals surface area contributed by atoms with Gasteiger partial charge in [-0.15, -0.1) is 0 Å². The maximum atomic E-state index is 11.5. The molecular formula is C13H11ClO3S. The average Bonchev–Trinajstić information content (AvgIpc) is 2.27. The fraction of sp³-hybridized carbons (Fsp3) is 0.0769. The van der Waals surface area contributed by atoms with Crippen molar-refractivity contribution in [2.75, 3.05) is 6.26 Å². The summed E-state index contributed by atoms with van der Waals surface area (Å²) in [5.74, 6) is 0.0438. The largest absolute Gasteiger partial charge is 0.508 e. The molecule has 0 atom stereocenters. The van der Waals surface area contributed by atoms with Crippen LogP contribution in [0.15, 0.2) is 47.4 Å². The van der Waals surface area contributed by atoms with E-state index in [9.17, 15) is 13.5 Å². The topological polar surface area (TPSA) is 54.4 Å². The summed E-state index contributed by atoms with van der Waals surface area (Å²) in [6, 6.07) is 11.1. The van der Waals surface area contributed by atoms with Crippen molar-refractivity contribution in [1.29, 1.82) is 0 Å². The van der Waals surface area contributed by atoms with Crippen LogP contribution in [0, 0.1) is 0 Å². The first-order chi connectivity index (χ1) is 8.36. The highest BCUT2D eigenvalue weighted by Crippen LogP contribution is 2.29. The van der Waals surface area contributed by atoms with Crippen molar-refractivity contribution < 1.29 is 13.5 Å². The molecule has 3 nitrogen and oxygen atoms in total. The molecule has 0 aliphatic heterocycles. The van der Waals surface area contributed by atoms with Crippen LogP contribution in [0.3, 0.4) is 0 Å². The van der Waals surface area contributed by atoms with Gasteiger partial charge in [0.15, 0.2) is 9.84 Å². The third-order valence-corrected chi connectivity index (χ3v) is 3.81. The lowest BCUT2D eigenvalue weighted by Gasteiger charge is -2.05. The van der Waals surface area contributed by atoms with E-state index in [1.54, 1.807) is 24.3 Å². The maximum Gasteiger partial charge on any atom is 0.175 e. The van der Waals surface area contributed by atoms with Gasteiger partial charge in [-0.3, -0.25) is 0 Å². The quantitative estimate of drug-likeness (QED) is 0.921. The van der Waals surface area contributed by atoms with Crippen molar-refractivity contribution >= 4 is 21.4 Å². The van der Waals surface area contributed by atoms with Gasteiger partial charge < -0.3 is 5.11 Å². The summed E-state index contributed by atoms with van der Waals surface area (Å²) < 4.78 is 22.9. The summed E-state index contributed by atoms with van der Waals surface area (Å²) in [6.07, 6.45) is 1.15. The van der Waals surface area contributed by atoms with Crippen molar-refractivity contribution in [3.8, 4) is 16.9 Å². The second-order valence-corrected chi connectivity index (χ2v) is 6.45. The first-order valence-corrected chi connectivity index (χ1v) is 7.43. The zero-order valence-corrected chi connectivity index (χ0v) is 11.2. The monoisotopic (exact) mass is 282 g/mol. The molecule has 0 unspecified atom stereocenters. The van der Waals surface area contributed by atoms with Gasteiger partial charge in [-0.2, -0.15) is 0 Å². The molecule has 0 fully saturated rings. The maximum absolute atomic E-state index is 11.5. The van der Waals surface area contributed by atoms with Crippen LogP contribution >= 0.6 is 11.6 Å². The highest BCUT2D eigenvalue weighted by Gasteiger charge is 2.09. The van der Waals surface area contributed by atoms with E-state index >= 15 is 0 Å². The van der Waals surface area contributed by atoms with Gasteiger partial charge in [-0.25, -0.2) is 8.42 Å². The Morgan fingerprint density at radius 3 is 2.39 bits per heavy atom. The molecule has 0 amide bonds. The summed E-state index contributed by atoms with van der Waals surface area (Å²) in [4.78, 5) is 0.236. The van der Waals surface area contributed by atoms with E-state index in [-0.39, 0.29) is 10.6 Å². The molecule has 0 saturated carbocycles. The van der Waals surface area contributed by atoms with Crippen molar-refractivity contribution in [3.05, 3.63) is 47.5 Å². The van der Waals surface area contributed by atoms with E-state index in [0.29, 0.717) is 16.1 Å². The lowest BCUT2D eigenvalue weighted by molar-refractivity contribution is 0.475. The molecule has 2 rings (SSSR count). The first kappa shape index (κ1) is 12.9. The van der Waals surface area contributed by atoms with E-state index in [1.807, 2.05) is 0 Å². The van der Waals surface area contributed by atoms with Gasteiger partial charge in [0, 0.05) is 11.3 Å². The van der Waals surface area contributed by atoms with Crippen LogP contribution in [-0.4, -0.2) is 19.8 Å². The molecular weight excluding hydrogens is 272 g/mol.